The van der Waals surface area contributed by atoms with Crippen LogP contribution in [0.2, 0.25) is 0 Å². The number of amides is 1. The monoisotopic (exact) mass is 398 g/mol. The number of carbonyl (C=O) groups is 1. The van der Waals surface area contributed by atoms with Gasteiger partial charge in [-0.05, 0) is 49.2 Å². The molecule has 0 radical (unpaired) electrons. The zero-order chi connectivity index (χ0) is 20.5. The summed E-state index contributed by atoms with van der Waals surface area (Å²) in [6.45, 7) is 4.39. The standard InChI is InChI=1S/C23H30N2O4/c1-27-20-11-9-19(10-12-20)6-5-13-24-14-16-25(17-15-24)23(26)18-29-22-8-4-3-7-21(22)28-2/h3-4,7-12H,5-6,13-18H2,1-2H3. The second-order valence-electron chi connectivity index (χ2n) is 7.11. The van der Waals surface area contributed by atoms with Gasteiger partial charge >= 0.3 is 0 Å². The van der Waals surface area contributed by atoms with E-state index in [1.807, 2.05) is 41.3 Å². The summed E-state index contributed by atoms with van der Waals surface area (Å²) < 4.78 is 16.1. The van der Waals surface area contributed by atoms with E-state index in [-0.39, 0.29) is 12.5 Å². The summed E-state index contributed by atoms with van der Waals surface area (Å²) >= 11 is 0. The molecule has 1 heterocycles. The van der Waals surface area contributed by atoms with Crippen LogP contribution < -0.4 is 14.2 Å². The third kappa shape index (κ3) is 6.12. The van der Waals surface area contributed by atoms with Crippen LogP contribution in [0, 0.1) is 0 Å². The lowest BCUT2D eigenvalue weighted by molar-refractivity contribution is -0.135. The summed E-state index contributed by atoms with van der Waals surface area (Å²) in [6, 6.07) is 15.6. The number of carbonyl (C=O) groups excluding carboxylic acids is 1. The molecule has 2 aromatic rings. The van der Waals surface area contributed by atoms with Crippen molar-refractivity contribution in [2.75, 3.05) is 53.6 Å². The van der Waals surface area contributed by atoms with E-state index >= 15 is 0 Å². The first-order chi connectivity index (χ1) is 14.2. The summed E-state index contributed by atoms with van der Waals surface area (Å²) in [6.07, 6.45) is 2.16. The fourth-order valence-electron chi connectivity index (χ4n) is 3.49. The normalized spacial score (nSPS) is 14.5. The molecule has 0 N–H and O–H groups in total. The molecule has 1 saturated heterocycles. The number of hydrogen-bond donors (Lipinski definition) is 0. The first kappa shape index (κ1) is 21.0. The highest BCUT2D eigenvalue weighted by Crippen LogP contribution is 2.25. The molecule has 1 fully saturated rings. The van der Waals surface area contributed by atoms with Crippen molar-refractivity contribution in [2.24, 2.45) is 0 Å². The molecule has 3 rings (SSSR count). The van der Waals surface area contributed by atoms with Crippen LogP contribution in [0.4, 0.5) is 0 Å². The lowest BCUT2D eigenvalue weighted by Gasteiger charge is -2.34. The van der Waals surface area contributed by atoms with Crippen molar-refractivity contribution in [3.63, 3.8) is 0 Å². The smallest absolute Gasteiger partial charge is 0.260 e. The Hall–Kier alpha value is -2.73. The topological polar surface area (TPSA) is 51.2 Å². The second kappa shape index (κ2) is 10.7. The van der Waals surface area contributed by atoms with Crippen molar-refractivity contribution in [1.82, 2.24) is 9.80 Å². The summed E-state index contributed by atoms with van der Waals surface area (Å²) in [7, 11) is 3.28. The van der Waals surface area contributed by atoms with E-state index in [1.54, 1.807) is 14.2 Å². The third-order valence-electron chi connectivity index (χ3n) is 5.24. The molecule has 1 aliphatic rings. The maximum Gasteiger partial charge on any atom is 0.260 e. The van der Waals surface area contributed by atoms with Gasteiger partial charge in [-0.2, -0.15) is 0 Å². The molecule has 6 heteroatoms. The minimum Gasteiger partial charge on any atom is -0.497 e. The largest absolute Gasteiger partial charge is 0.497 e. The number of rotatable bonds is 9. The van der Waals surface area contributed by atoms with Gasteiger partial charge in [-0.15, -0.1) is 0 Å². The Bertz CT molecular complexity index is 771. The van der Waals surface area contributed by atoms with Crippen LogP contribution in [0.1, 0.15) is 12.0 Å². The molecular weight excluding hydrogens is 368 g/mol. The van der Waals surface area contributed by atoms with Crippen LogP contribution in [0.5, 0.6) is 17.2 Å². The number of hydrogen-bond acceptors (Lipinski definition) is 5. The second-order valence-corrected chi connectivity index (χ2v) is 7.11. The maximum absolute atomic E-state index is 12.5. The Kier molecular flexibility index (Phi) is 7.76. The van der Waals surface area contributed by atoms with E-state index in [4.69, 9.17) is 14.2 Å². The number of methoxy groups -OCH3 is 2. The van der Waals surface area contributed by atoms with E-state index < -0.39 is 0 Å². The van der Waals surface area contributed by atoms with Crippen molar-refractivity contribution in [1.29, 1.82) is 0 Å². The Morgan fingerprint density at radius 2 is 1.59 bits per heavy atom. The molecule has 0 spiro atoms. The molecule has 0 atom stereocenters. The van der Waals surface area contributed by atoms with Gasteiger partial charge in [0.2, 0.25) is 0 Å². The van der Waals surface area contributed by atoms with Crippen LogP contribution in [-0.4, -0.2) is 69.3 Å². The molecular formula is C23H30N2O4. The summed E-state index contributed by atoms with van der Waals surface area (Å²) in [5.41, 5.74) is 1.33. The molecule has 0 aliphatic carbocycles. The van der Waals surface area contributed by atoms with Crippen LogP contribution in [0.3, 0.4) is 0 Å². The Balaban J connectivity index is 1.35. The highest BCUT2D eigenvalue weighted by molar-refractivity contribution is 5.78. The molecule has 1 aliphatic heterocycles. The summed E-state index contributed by atoms with van der Waals surface area (Å²) in [5, 5.41) is 0. The first-order valence-electron chi connectivity index (χ1n) is 10.1. The average Bonchev–Trinajstić information content (AvgIpc) is 2.78. The molecule has 0 saturated carbocycles. The molecule has 0 unspecified atom stereocenters. The predicted molar refractivity (Wildman–Crippen MR) is 113 cm³/mol. The SMILES string of the molecule is COc1ccc(CCCN2CCN(C(=O)COc3ccccc3OC)CC2)cc1. The van der Waals surface area contributed by atoms with Gasteiger partial charge in [0, 0.05) is 26.2 Å². The van der Waals surface area contributed by atoms with Gasteiger partial charge in [-0.3, -0.25) is 9.69 Å². The van der Waals surface area contributed by atoms with E-state index in [0.717, 1.165) is 51.3 Å². The van der Waals surface area contributed by atoms with E-state index in [2.05, 4.69) is 17.0 Å². The average molecular weight is 399 g/mol. The molecule has 6 nitrogen and oxygen atoms in total. The van der Waals surface area contributed by atoms with Gasteiger partial charge in [0.25, 0.3) is 5.91 Å². The van der Waals surface area contributed by atoms with Crippen molar-refractivity contribution in [2.45, 2.75) is 12.8 Å². The molecule has 29 heavy (non-hydrogen) atoms. The van der Waals surface area contributed by atoms with Crippen LogP contribution in [0.15, 0.2) is 48.5 Å². The van der Waals surface area contributed by atoms with Gasteiger partial charge in [0.05, 0.1) is 14.2 Å². The number of aryl methyl sites for hydroxylation is 1. The molecule has 1 amide bonds. The predicted octanol–water partition coefficient (Wildman–Crippen LogP) is 2.86. The van der Waals surface area contributed by atoms with Crippen molar-refractivity contribution >= 4 is 5.91 Å². The Morgan fingerprint density at radius 1 is 0.897 bits per heavy atom. The summed E-state index contributed by atoms with van der Waals surface area (Å²) in [5.74, 6) is 2.15. The van der Waals surface area contributed by atoms with E-state index in [9.17, 15) is 4.79 Å². The third-order valence-corrected chi connectivity index (χ3v) is 5.24. The highest BCUT2D eigenvalue weighted by atomic mass is 16.5. The van der Waals surface area contributed by atoms with E-state index in [0.29, 0.717) is 11.5 Å². The molecule has 2 aromatic carbocycles. The summed E-state index contributed by atoms with van der Waals surface area (Å²) in [4.78, 5) is 16.8. The lowest BCUT2D eigenvalue weighted by Crippen LogP contribution is -2.50. The zero-order valence-corrected chi connectivity index (χ0v) is 17.3. The van der Waals surface area contributed by atoms with Gasteiger partial charge in [0.15, 0.2) is 18.1 Å². The van der Waals surface area contributed by atoms with Gasteiger partial charge in [0.1, 0.15) is 5.75 Å². The number of nitrogens with zero attached hydrogens (tertiary/aromatic N) is 2. The molecule has 0 bridgehead atoms. The lowest BCUT2D eigenvalue weighted by atomic mass is 10.1. The van der Waals surface area contributed by atoms with Crippen LogP contribution in [-0.2, 0) is 11.2 Å². The number of benzene rings is 2. The van der Waals surface area contributed by atoms with Crippen molar-refractivity contribution in [3.8, 4) is 17.2 Å². The van der Waals surface area contributed by atoms with Crippen LogP contribution >= 0.6 is 0 Å². The van der Waals surface area contributed by atoms with Gasteiger partial charge in [-0.25, -0.2) is 0 Å². The molecule has 156 valence electrons. The van der Waals surface area contributed by atoms with Gasteiger partial charge < -0.3 is 19.1 Å². The number of ether oxygens (including phenoxy) is 3. The van der Waals surface area contributed by atoms with Crippen molar-refractivity contribution < 1.29 is 19.0 Å². The molecule has 0 aromatic heterocycles. The minimum absolute atomic E-state index is 0.0220. The number of para-hydroxylation sites is 2. The quantitative estimate of drug-likeness (QED) is 0.650. The Labute approximate surface area is 173 Å². The fraction of sp³-hybridized carbons (Fsp3) is 0.435. The number of piperazine rings is 1. The maximum atomic E-state index is 12.5. The van der Waals surface area contributed by atoms with Crippen molar-refractivity contribution in [3.05, 3.63) is 54.1 Å². The van der Waals surface area contributed by atoms with Gasteiger partial charge in [-0.1, -0.05) is 24.3 Å². The zero-order valence-electron chi connectivity index (χ0n) is 17.3. The Morgan fingerprint density at radius 3 is 2.24 bits per heavy atom. The minimum atomic E-state index is 0.0220. The fourth-order valence-corrected chi connectivity index (χ4v) is 3.49. The van der Waals surface area contributed by atoms with Crippen LogP contribution in [0.25, 0.3) is 0 Å². The first-order valence-corrected chi connectivity index (χ1v) is 10.1. The van der Waals surface area contributed by atoms with E-state index in [1.165, 1.54) is 5.56 Å². The highest BCUT2D eigenvalue weighted by Gasteiger charge is 2.21.